The minimum Gasteiger partial charge on any atom is -0.458 e. The molecule has 1 aromatic carbocycles. The van der Waals surface area contributed by atoms with Crippen LogP contribution in [0.15, 0.2) is 51.6 Å². The van der Waals surface area contributed by atoms with Gasteiger partial charge in [-0.3, -0.25) is 10.1 Å². The number of esters is 1. The van der Waals surface area contributed by atoms with Crippen molar-refractivity contribution in [3.63, 3.8) is 0 Å². The van der Waals surface area contributed by atoms with Crippen molar-refractivity contribution in [1.29, 1.82) is 0 Å². The molecule has 0 bridgehead atoms. The quantitative estimate of drug-likeness (QED) is 0.355. The fourth-order valence-corrected chi connectivity index (χ4v) is 1.85. The van der Waals surface area contributed by atoms with E-state index in [9.17, 15) is 14.9 Å². The van der Waals surface area contributed by atoms with Crippen LogP contribution < -0.4 is 0 Å². The summed E-state index contributed by atoms with van der Waals surface area (Å²) in [6.07, 6.45) is 2.70. The molecule has 0 amide bonds. The molecule has 2 aromatic rings. The van der Waals surface area contributed by atoms with Gasteiger partial charge in [-0.25, -0.2) is 4.79 Å². The number of rotatable bonds is 5. The molecule has 0 aliphatic heterocycles. The molecule has 21 heavy (non-hydrogen) atoms. The Bertz CT molecular complexity index is 692. The highest BCUT2D eigenvalue weighted by molar-refractivity contribution is 9.10. The maximum atomic E-state index is 11.5. The lowest BCUT2D eigenvalue weighted by Gasteiger charge is -2.01. The van der Waals surface area contributed by atoms with E-state index in [0.717, 1.165) is 0 Å². The van der Waals surface area contributed by atoms with E-state index < -0.39 is 10.9 Å². The molecule has 0 aliphatic rings. The molecule has 0 N–H and O–H groups in total. The molecule has 7 heteroatoms. The van der Waals surface area contributed by atoms with Gasteiger partial charge in [-0.05, 0) is 39.7 Å². The van der Waals surface area contributed by atoms with Crippen LogP contribution in [-0.4, -0.2) is 10.9 Å². The summed E-state index contributed by atoms with van der Waals surface area (Å²) in [5.74, 6) is -0.0526. The summed E-state index contributed by atoms with van der Waals surface area (Å²) in [6, 6.07) is 9.31. The van der Waals surface area contributed by atoms with Gasteiger partial charge in [0.05, 0.1) is 4.92 Å². The van der Waals surface area contributed by atoms with Crippen LogP contribution in [0.3, 0.4) is 0 Å². The Morgan fingerprint density at radius 2 is 2.19 bits per heavy atom. The third-order valence-corrected chi connectivity index (χ3v) is 2.91. The van der Waals surface area contributed by atoms with Gasteiger partial charge in [0.2, 0.25) is 0 Å². The molecule has 1 aromatic heterocycles. The van der Waals surface area contributed by atoms with Gasteiger partial charge in [0.15, 0.2) is 4.67 Å². The molecule has 0 fully saturated rings. The van der Waals surface area contributed by atoms with E-state index in [1.54, 1.807) is 18.2 Å². The Kier molecular flexibility index (Phi) is 4.89. The van der Waals surface area contributed by atoms with Crippen molar-refractivity contribution in [2.75, 3.05) is 0 Å². The number of non-ortho nitro benzene ring substituents is 1. The van der Waals surface area contributed by atoms with Crippen LogP contribution >= 0.6 is 15.9 Å². The van der Waals surface area contributed by atoms with Crippen molar-refractivity contribution in [1.82, 2.24) is 0 Å². The topological polar surface area (TPSA) is 82.6 Å². The third kappa shape index (κ3) is 4.57. The largest absolute Gasteiger partial charge is 0.458 e. The van der Waals surface area contributed by atoms with E-state index in [1.165, 1.54) is 30.4 Å². The standard InChI is InChI=1S/C14H10BrNO5/c15-13-6-4-12(21-13)5-7-14(17)20-9-10-2-1-3-11(8-10)16(18)19/h1-8H,9H2. The van der Waals surface area contributed by atoms with E-state index in [1.807, 2.05) is 0 Å². The summed E-state index contributed by atoms with van der Waals surface area (Å²) < 4.78 is 10.7. The zero-order valence-electron chi connectivity index (χ0n) is 10.7. The normalized spacial score (nSPS) is 10.7. The Labute approximate surface area is 128 Å². The highest BCUT2D eigenvalue weighted by Gasteiger charge is 2.07. The van der Waals surface area contributed by atoms with E-state index in [-0.39, 0.29) is 12.3 Å². The first-order chi connectivity index (χ1) is 10.0. The first kappa shape index (κ1) is 15.0. The van der Waals surface area contributed by atoms with E-state index in [2.05, 4.69) is 15.9 Å². The molecule has 0 atom stereocenters. The number of ether oxygens (including phenoxy) is 1. The lowest BCUT2D eigenvalue weighted by Crippen LogP contribution is -2.01. The van der Waals surface area contributed by atoms with Gasteiger partial charge in [-0.2, -0.15) is 0 Å². The number of nitro benzene ring substituents is 1. The van der Waals surface area contributed by atoms with Gasteiger partial charge in [0.25, 0.3) is 5.69 Å². The van der Waals surface area contributed by atoms with Crippen molar-refractivity contribution < 1.29 is 18.9 Å². The Balaban J connectivity index is 1.90. The lowest BCUT2D eigenvalue weighted by molar-refractivity contribution is -0.384. The summed E-state index contributed by atoms with van der Waals surface area (Å²) in [5.41, 5.74) is 0.506. The number of nitro groups is 1. The number of nitrogens with zero attached hydrogens (tertiary/aromatic N) is 1. The van der Waals surface area contributed by atoms with Crippen LogP contribution in [-0.2, 0) is 16.1 Å². The van der Waals surface area contributed by atoms with Crippen LogP contribution in [0.2, 0.25) is 0 Å². The number of carbonyl (C=O) groups excluding carboxylic acids is 1. The maximum absolute atomic E-state index is 11.5. The number of hydrogen-bond donors (Lipinski definition) is 0. The van der Waals surface area contributed by atoms with Gasteiger partial charge in [0, 0.05) is 18.2 Å². The average Bonchev–Trinajstić information content (AvgIpc) is 2.89. The predicted octanol–water partition coefficient (Wildman–Crippen LogP) is 3.71. The summed E-state index contributed by atoms with van der Waals surface area (Å²) >= 11 is 3.15. The van der Waals surface area contributed by atoms with Crippen molar-refractivity contribution in [2.45, 2.75) is 6.61 Å². The number of carbonyl (C=O) groups is 1. The van der Waals surface area contributed by atoms with E-state index >= 15 is 0 Å². The number of furan rings is 1. The molecule has 0 aliphatic carbocycles. The molecule has 0 unspecified atom stereocenters. The van der Waals surface area contributed by atoms with Crippen molar-refractivity contribution >= 4 is 33.7 Å². The Morgan fingerprint density at radius 3 is 2.86 bits per heavy atom. The molecular formula is C14H10BrNO5. The van der Waals surface area contributed by atoms with Crippen molar-refractivity contribution in [3.05, 3.63) is 68.6 Å². The van der Waals surface area contributed by atoms with Crippen molar-refractivity contribution in [3.8, 4) is 0 Å². The fourth-order valence-electron chi connectivity index (χ4n) is 1.53. The second-order valence-electron chi connectivity index (χ2n) is 4.01. The van der Waals surface area contributed by atoms with Crippen LogP contribution in [0.5, 0.6) is 0 Å². The molecular weight excluding hydrogens is 342 g/mol. The van der Waals surface area contributed by atoms with Crippen LogP contribution in [0.1, 0.15) is 11.3 Å². The van der Waals surface area contributed by atoms with Gasteiger partial charge in [0.1, 0.15) is 12.4 Å². The fraction of sp³-hybridized carbons (Fsp3) is 0.0714. The molecule has 0 saturated heterocycles. The van der Waals surface area contributed by atoms with E-state index in [0.29, 0.717) is 16.0 Å². The molecule has 0 radical (unpaired) electrons. The minimum atomic E-state index is -0.561. The average molecular weight is 352 g/mol. The Morgan fingerprint density at radius 1 is 1.38 bits per heavy atom. The SMILES string of the molecule is O=C(C=Cc1ccc(Br)o1)OCc1cccc([N+](=O)[O-])c1. The zero-order chi connectivity index (χ0) is 15.2. The van der Waals surface area contributed by atoms with Crippen molar-refractivity contribution in [2.24, 2.45) is 0 Å². The number of halogens is 1. The maximum Gasteiger partial charge on any atom is 0.331 e. The summed E-state index contributed by atoms with van der Waals surface area (Å²) in [7, 11) is 0. The monoisotopic (exact) mass is 351 g/mol. The lowest BCUT2D eigenvalue weighted by atomic mass is 10.2. The van der Waals surface area contributed by atoms with E-state index in [4.69, 9.17) is 9.15 Å². The molecule has 108 valence electrons. The second kappa shape index (κ2) is 6.85. The first-order valence-electron chi connectivity index (χ1n) is 5.88. The molecule has 2 rings (SSSR count). The Hall–Kier alpha value is -2.41. The van der Waals surface area contributed by atoms with Gasteiger partial charge >= 0.3 is 5.97 Å². The molecule has 0 saturated carbocycles. The van der Waals surface area contributed by atoms with Gasteiger partial charge < -0.3 is 9.15 Å². The van der Waals surface area contributed by atoms with Gasteiger partial charge in [-0.1, -0.05) is 12.1 Å². The molecule has 0 spiro atoms. The summed E-state index contributed by atoms with van der Waals surface area (Å²) in [4.78, 5) is 21.6. The second-order valence-corrected chi connectivity index (χ2v) is 4.79. The first-order valence-corrected chi connectivity index (χ1v) is 6.67. The smallest absolute Gasteiger partial charge is 0.331 e. The third-order valence-electron chi connectivity index (χ3n) is 2.48. The zero-order valence-corrected chi connectivity index (χ0v) is 12.3. The minimum absolute atomic E-state index is 0.0350. The number of benzene rings is 1. The highest BCUT2D eigenvalue weighted by atomic mass is 79.9. The van der Waals surface area contributed by atoms with Crippen LogP contribution in [0.25, 0.3) is 6.08 Å². The van der Waals surface area contributed by atoms with Crippen LogP contribution in [0.4, 0.5) is 5.69 Å². The van der Waals surface area contributed by atoms with Gasteiger partial charge in [-0.15, -0.1) is 0 Å². The molecule has 1 heterocycles. The number of hydrogen-bond acceptors (Lipinski definition) is 5. The van der Waals surface area contributed by atoms with Crippen LogP contribution in [0, 0.1) is 10.1 Å². The molecule has 6 nitrogen and oxygen atoms in total. The highest BCUT2D eigenvalue weighted by Crippen LogP contribution is 2.16. The predicted molar refractivity (Wildman–Crippen MR) is 78.3 cm³/mol. The summed E-state index contributed by atoms with van der Waals surface area (Å²) in [5, 5.41) is 10.6. The summed E-state index contributed by atoms with van der Waals surface area (Å²) in [6.45, 7) is -0.0350.